The molecule has 0 amide bonds. The van der Waals surface area contributed by atoms with Crippen LogP contribution >= 0.6 is 31.9 Å². The van der Waals surface area contributed by atoms with Crippen molar-refractivity contribution in [3.05, 3.63) is 95.2 Å². The Balaban J connectivity index is 1.64. The Morgan fingerprint density at radius 2 is 1.75 bits per heavy atom. The molecule has 0 radical (unpaired) electrons. The third-order valence-corrected chi connectivity index (χ3v) is 10.8. The number of Topliss-reactive ketones (excluding diaryl/α,β-unsaturated/α-hetero) is 1. The van der Waals surface area contributed by atoms with Gasteiger partial charge in [0.2, 0.25) is 0 Å². The van der Waals surface area contributed by atoms with Crippen LogP contribution in [0.4, 0.5) is 0 Å². The van der Waals surface area contributed by atoms with Gasteiger partial charge >= 0.3 is 11.4 Å². The minimum Gasteiger partial charge on any atom is -0.503 e. The van der Waals surface area contributed by atoms with E-state index >= 15 is 0 Å². The second kappa shape index (κ2) is 9.31. The molecule has 40 heavy (non-hydrogen) atoms. The van der Waals surface area contributed by atoms with Crippen molar-refractivity contribution >= 4 is 43.4 Å². The summed E-state index contributed by atoms with van der Waals surface area (Å²) in [6.45, 7) is 3.54. The number of allylic oxidation sites excluding steroid dienone is 4. The molecule has 3 aliphatic rings. The topological polar surface area (TPSA) is 113 Å². The van der Waals surface area contributed by atoms with Gasteiger partial charge in [0.05, 0.1) is 35.3 Å². The van der Waals surface area contributed by atoms with Gasteiger partial charge in [-0.3, -0.25) is 9.59 Å². The minimum absolute atomic E-state index is 0.113. The maximum atomic E-state index is 13.9. The van der Waals surface area contributed by atoms with Gasteiger partial charge < -0.3 is 9.84 Å². The van der Waals surface area contributed by atoms with Gasteiger partial charge in [-0.25, -0.2) is 23.5 Å². The summed E-state index contributed by atoms with van der Waals surface area (Å²) in [6, 6.07) is 9.70. The number of hydrogen-bond donors (Lipinski definition) is 1. The highest BCUT2D eigenvalue weighted by molar-refractivity contribution is 9.13. The number of hydrogen-bond acceptors (Lipinski definition) is 6. The van der Waals surface area contributed by atoms with Crippen LogP contribution in [-0.2, 0) is 16.1 Å². The number of methoxy groups -OCH3 is 1. The Bertz CT molecular complexity index is 1800. The lowest BCUT2D eigenvalue weighted by Crippen LogP contribution is -2.54. The van der Waals surface area contributed by atoms with Crippen LogP contribution in [0, 0.1) is 11.3 Å². The third-order valence-electron chi connectivity index (χ3n) is 8.66. The van der Waals surface area contributed by atoms with Crippen LogP contribution in [0.15, 0.2) is 78.2 Å². The molecule has 1 saturated carbocycles. The lowest BCUT2D eigenvalue weighted by molar-refractivity contribution is -0.139. The van der Waals surface area contributed by atoms with E-state index in [0.29, 0.717) is 25.8 Å². The summed E-state index contributed by atoms with van der Waals surface area (Å²) in [5.41, 5.74) is 0.00352. The minimum atomic E-state index is -1.18. The SMILES string of the molecule is COc1cc([C@H]2C3=CCn4c(=O)n(-c5ccccc5)c(=O)n4[C@@H]3C[C@H]3C(=O)C(C)=CC(=O)[C@@]23C)c(Br)c(Br)c1O. The summed E-state index contributed by atoms with van der Waals surface area (Å²) < 4.78 is 10.2. The average molecular weight is 671 g/mol. The molecular weight excluding hydrogens is 646 g/mol. The number of benzene rings is 2. The van der Waals surface area contributed by atoms with Gasteiger partial charge in [0.1, 0.15) is 0 Å². The summed E-state index contributed by atoms with van der Waals surface area (Å²) in [4.78, 5) is 54.9. The van der Waals surface area contributed by atoms with Crippen molar-refractivity contribution in [1.82, 2.24) is 13.9 Å². The predicted octanol–water partition coefficient (Wildman–Crippen LogP) is 4.43. The Morgan fingerprint density at radius 1 is 1.05 bits per heavy atom. The van der Waals surface area contributed by atoms with E-state index in [9.17, 15) is 24.3 Å². The van der Waals surface area contributed by atoms with Crippen molar-refractivity contribution in [3.8, 4) is 17.2 Å². The van der Waals surface area contributed by atoms with Gasteiger partial charge in [0, 0.05) is 16.3 Å². The van der Waals surface area contributed by atoms with Gasteiger partial charge in [0.25, 0.3) is 0 Å². The third kappa shape index (κ3) is 3.49. The van der Waals surface area contributed by atoms with Crippen LogP contribution in [0.3, 0.4) is 0 Å². The van der Waals surface area contributed by atoms with E-state index in [4.69, 9.17) is 4.74 Å². The largest absolute Gasteiger partial charge is 0.503 e. The van der Waals surface area contributed by atoms with Crippen LogP contribution in [0.25, 0.3) is 5.69 Å². The lowest BCUT2D eigenvalue weighted by Gasteiger charge is -2.52. The Hall–Kier alpha value is -3.44. The highest BCUT2D eigenvalue weighted by Gasteiger charge is 2.59. The smallest absolute Gasteiger partial charge is 0.352 e. The summed E-state index contributed by atoms with van der Waals surface area (Å²) in [5, 5.41) is 10.6. The first-order chi connectivity index (χ1) is 19.0. The number of fused-ring (bicyclic) bond motifs is 4. The van der Waals surface area contributed by atoms with E-state index in [1.54, 1.807) is 50.2 Å². The van der Waals surface area contributed by atoms with E-state index in [-0.39, 0.29) is 36.0 Å². The van der Waals surface area contributed by atoms with Crippen molar-refractivity contribution in [2.24, 2.45) is 11.3 Å². The fourth-order valence-corrected chi connectivity index (χ4v) is 7.62. The summed E-state index contributed by atoms with van der Waals surface area (Å²) in [7, 11) is 1.43. The molecule has 6 rings (SSSR count). The van der Waals surface area contributed by atoms with Gasteiger partial charge in [-0.1, -0.05) is 31.2 Å². The molecular formula is C29H25Br2N3O6. The number of halogens is 2. The molecule has 4 atom stereocenters. The molecule has 1 aliphatic heterocycles. The molecule has 0 unspecified atom stereocenters. The number of carbonyl (C=O) groups is 2. The van der Waals surface area contributed by atoms with Crippen LogP contribution < -0.4 is 16.1 Å². The normalized spacial score (nSPS) is 25.5. The lowest BCUT2D eigenvalue weighted by atomic mass is 9.51. The molecule has 2 aromatic carbocycles. The maximum Gasteiger partial charge on any atom is 0.352 e. The number of ketones is 2. The van der Waals surface area contributed by atoms with Gasteiger partial charge in [-0.05, 0) is 86.2 Å². The van der Waals surface area contributed by atoms with Gasteiger partial charge in [-0.15, -0.1) is 0 Å². The molecule has 2 aliphatic carbocycles. The number of para-hydroxylation sites is 1. The zero-order chi connectivity index (χ0) is 28.7. The van der Waals surface area contributed by atoms with Crippen molar-refractivity contribution in [1.29, 1.82) is 0 Å². The fourth-order valence-electron chi connectivity index (χ4n) is 6.66. The molecule has 11 heteroatoms. The van der Waals surface area contributed by atoms with E-state index < -0.39 is 34.7 Å². The molecule has 1 N–H and O–H groups in total. The summed E-state index contributed by atoms with van der Waals surface area (Å²) in [5.74, 6) is -1.71. The number of aromatic nitrogens is 3. The predicted molar refractivity (Wildman–Crippen MR) is 154 cm³/mol. The molecule has 0 saturated heterocycles. The second-order valence-electron chi connectivity index (χ2n) is 10.6. The molecule has 2 heterocycles. The van der Waals surface area contributed by atoms with Gasteiger partial charge in [0.15, 0.2) is 23.1 Å². The van der Waals surface area contributed by atoms with Crippen LogP contribution in [-0.4, -0.2) is 37.7 Å². The van der Waals surface area contributed by atoms with Gasteiger partial charge in [-0.2, -0.15) is 0 Å². The zero-order valence-corrected chi connectivity index (χ0v) is 25.0. The quantitative estimate of drug-likeness (QED) is 0.413. The number of rotatable bonds is 3. The molecule has 3 aromatic rings. The number of phenols is 1. The molecule has 0 bridgehead atoms. The molecule has 0 spiro atoms. The van der Waals surface area contributed by atoms with Crippen LogP contribution in [0.2, 0.25) is 0 Å². The maximum absolute atomic E-state index is 13.9. The number of phenolic OH excluding ortho intramolecular Hbond substituents is 1. The standard InChI is InChI=1S/C29H25Br2N3O6/c1-14-11-21(35)29(2)18(25(14)36)13-19-16(22(29)17-12-20(40-3)26(37)24(31)23(17)30)9-10-32-27(38)33(28(39)34(19)32)15-7-5-4-6-8-15/h4-9,11-12,18-19,22,37H,10,13H2,1-3H3/t18-,19+,22+,29-/m0/s1. The highest BCUT2D eigenvalue weighted by Crippen LogP contribution is 2.61. The van der Waals surface area contributed by atoms with Crippen molar-refractivity contribution in [3.63, 3.8) is 0 Å². The fraction of sp³-hybridized carbons (Fsp3) is 0.310. The Morgan fingerprint density at radius 3 is 2.42 bits per heavy atom. The van der Waals surface area contributed by atoms with Crippen LogP contribution in [0.1, 0.15) is 37.8 Å². The molecule has 206 valence electrons. The second-order valence-corrected chi connectivity index (χ2v) is 12.2. The number of aromatic hydroxyl groups is 1. The summed E-state index contributed by atoms with van der Waals surface area (Å²) >= 11 is 7.03. The number of ether oxygens (including phenoxy) is 1. The van der Waals surface area contributed by atoms with E-state index in [1.165, 1.54) is 22.5 Å². The highest BCUT2D eigenvalue weighted by atomic mass is 79.9. The zero-order valence-electron chi connectivity index (χ0n) is 21.9. The number of nitrogens with zero attached hydrogens (tertiary/aromatic N) is 3. The monoisotopic (exact) mass is 669 g/mol. The van der Waals surface area contributed by atoms with E-state index in [2.05, 4.69) is 31.9 Å². The van der Waals surface area contributed by atoms with E-state index in [1.807, 2.05) is 6.08 Å². The van der Waals surface area contributed by atoms with Crippen LogP contribution in [0.5, 0.6) is 11.5 Å². The first kappa shape index (κ1) is 26.8. The molecule has 9 nitrogen and oxygen atoms in total. The van der Waals surface area contributed by atoms with E-state index in [0.717, 1.165) is 10.1 Å². The van der Waals surface area contributed by atoms with Crippen molar-refractivity contribution in [2.45, 2.75) is 38.8 Å². The first-order valence-corrected chi connectivity index (χ1v) is 14.3. The molecule has 1 fully saturated rings. The first-order valence-electron chi connectivity index (χ1n) is 12.7. The average Bonchev–Trinajstić information content (AvgIpc) is 3.20. The summed E-state index contributed by atoms with van der Waals surface area (Å²) in [6.07, 6.45) is 3.47. The Labute approximate surface area is 245 Å². The molecule has 1 aromatic heterocycles. The Kier molecular flexibility index (Phi) is 6.23. The number of carbonyl (C=O) groups excluding carboxylic acids is 2. The van der Waals surface area contributed by atoms with Crippen molar-refractivity contribution < 1.29 is 19.4 Å². The van der Waals surface area contributed by atoms with Crippen molar-refractivity contribution in [2.75, 3.05) is 7.11 Å².